The van der Waals surface area contributed by atoms with Gasteiger partial charge in [-0.05, 0) is 26.3 Å². The normalized spacial score (nSPS) is 12.6. The van der Waals surface area contributed by atoms with Crippen molar-refractivity contribution in [3.63, 3.8) is 0 Å². The van der Waals surface area contributed by atoms with Crippen LogP contribution in [0.1, 0.15) is 72.0 Å². The molecule has 0 saturated heterocycles. The van der Waals surface area contributed by atoms with Crippen molar-refractivity contribution < 1.29 is 9.59 Å². The zero-order chi connectivity index (χ0) is 19.9. The molecule has 0 unspecified atom stereocenters. The van der Waals surface area contributed by atoms with Gasteiger partial charge in [0, 0.05) is 28.7 Å². The van der Waals surface area contributed by atoms with Gasteiger partial charge < -0.3 is 0 Å². The summed E-state index contributed by atoms with van der Waals surface area (Å²) in [4.78, 5) is 25.2. The van der Waals surface area contributed by atoms with E-state index in [2.05, 4.69) is 18.2 Å². The minimum atomic E-state index is -0.0328. The Bertz CT molecular complexity index is 806. The summed E-state index contributed by atoms with van der Waals surface area (Å²) in [5.41, 5.74) is 5.65. The lowest BCUT2D eigenvalue weighted by atomic mass is 9.82. The number of ketones is 2. The van der Waals surface area contributed by atoms with E-state index >= 15 is 0 Å². The average molecular weight is 351 g/mol. The number of carbonyl (C=O) groups is 2. The van der Waals surface area contributed by atoms with Crippen LogP contribution >= 0.6 is 0 Å². The molecule has 1 aliphatic carbocycles. The first-order chi connectivity index (χ1) is 12.5. The SMILES string of the molecule is CC.CC.CC1=C(Cc2cc(C)cc(C)c2)C(=O)c2ccccc2C1=O. The van der Waals surface area contributed by atoms with E-state index in [1.54, 1.807) is 31.2 Å². The van der Waals surface area contributed by atoms with Crippen LogP contribution in [-0.2, 0) is 6.42 Å². The fourth-order valence-electron chi connectivity index (χ4n) is 3.14. The van der Waals surface area contributed by atoms with Gasteiger partial charge >= 0.3 is 0 Å². The van der Waals surface area contributed by atoms with Crippen LogP contribution < -0.4 is 0 Å². The van der Waals surface area contributed by atoms with Gasteiger partial charge in [-0.2, -0.15) is 0 Å². The number of hydrogen-bond acceptors (Lipinski definition) is 2. The maximum atomic E-state index is 12.7. The highest BCUT2D eigenvalue weighted by Gasteiger charge is 2.29. The molecule has 2 heteroatoms. The fraction of sp³-hybridized carbons (Fsp3) is 0.333. The molecule has 0 radical (unpaired) electrons. The number of hydrogen-bond donors (Lipinski definition) is 0. The van der Waals surface area contributed by atoms with Gasteiger partial charge in [-0.1, -0.05) is 81.3 Å². The maximum absolute atomic E-state index is 12.7. The molecule has 26 heavy (non-hydrogen) atoms. The summed E-state index contributed by atoms with van der Waals surface area (Å²) >= 11 is 0. The van der Waals surface area contributed by atoms with Crippen LogP contribution in [0.5, 0.6) is 0 Å². The standard InChI is InChI=1S/C20H18O2.2C2H6/c1-12-8-13(2)10-15(9-12)11-18-14(3)19(21)16-6-4-5-7-17(16)20(18)22;2*1-2/h4-10H,11H2,1-3H3;2*1-2H3. The van der Waals surface area contributed by atoms with Crippen molar-refractivity contribution in [1.82, 2.24) is 0 Å². The van der Waals surface area contributed by atoms with Crippen LogP contribution in [0.2, 0.25) is 0 Å². The Balaban J connectivity index is 0.000000791. The third-order valence-corrected chi connectivity index (χ3v) is 4.15. The molecule has 1 aliphatic rings. The molecule has 0 atom stereocenters. The number of fused-ring (bicyclic) bond motifs is 1. The molecule has 138 valence electrons. The van der Waals surface area contributed by atoms with Crippen molar-refractivity contribution in [2.24, 2.45) is 0 Å². The van der Waals surface area contributed by atoms with Gasteiger partial charge in [-0.25, -0.2) is 0 Å². The molecule has 0 aromatic heterocycles. The maximum Gasteiger partial charge on any atom is 0.190 e. The quantitative estimate of drug-likeness (QED) is 0.637. The van der Waals surface area contributed by atoms with E-state index in [4.69, 9.17) is 0 Å². The predicted octanol–water partition coefficient (Wildman–Crippen LogP) is 6.29. The Kier molecular flexibility index (Phi) is 8.18. The van der Waals surface area contributed by atoms with E-state index in [0.29, 0.717) is 28.7 Å². The van der Waals surface area contributed by atoms with Crippen LogP contribution in [0.15, 0.2) is 53.6 Å². The zero-order valence-electron chi connectivity index (χ0n) is 17.1. The predicted molar refractivity (Wildman–Crippen MR) is 110 cm³/mol. The number of Topliss-reactive ketones (excluding diaryl/α,β-unsaturated/α-hetero) is 2. The number of benzene rings is 2. The summed E-state index contributed by atoms with van der Waals surface area (Å²) in [6, 6.07) is 13.3. The zero-order valence-corrected chi connectivity index (χ0v) is 17.1. The second-order valence-corrected chi connectivity index (χ2v) is 5.98. The Hall–Kier alpha value is -2.48. The monoisotopic (exact) mass is 350 g/mol. The number of aryl methyl sites for hydroxylation is 2. The van der Waals surface area contributed by atoms with E-state index in [1.165, 1.54) is 11.1 Å². The third kappa shape index (κ3) is 4.57. The van der Waals surface area contributed by atoms with Crippen LogP contribution in [0.3, 0.4) is 0 Å². The van der Waals surface area contributed by atoms with Gasteiger partial charge in [0.05, 0.1) is 0 Å². The lowest BCUT2D eigenvalue weighted by molar-refractivity contribution is 0.0973. The molecule has 0 bridgehead atoms. The summed E-state index contributed by atoms with van der Waals surface area (Å²) in [5.74, 6) is -0.0542. The van der Waals surface area contributed by atoms with Gasteiger partial charge in [0.1, 0.15) is 0 Å². The minimum absolute atomic E-state index is 0.0214. The molecule has 0 saturated carbocycles. The van der Waals surface area contributed by atoms with Crippen LogP contribution in [-0.4, -0.2) is 11.6 Å². The van der Waals surface area contributed by atoms with Crippen molar-refractivity contribution in [1.29, 1.82) is 0 Å². The van der Waals surface area contributed by atoms with E-state index in [1.807, 2.05) is 41.5 Å². The van der Waals surface area contributed by atoms with Gasteiger partial charge in [-0.3, -0.25) is 9.59 Å². The lowest BCUT2D eigenvalue weighted by Gasteiger charge is -2.19. The highest BCUT2D eigenvalue weighted by Crippen LogP contribution is 2.28. The van der Waals surface area contributed by atoms with Crippen LogP contribution in [0, 0.1) is 13.8 Å². The smallest absolute Gasteiger partial charge is 0.190 e. The Morgan fingerprint density at radius 2 is 1.15 bits per heavy atom. The van der Waals surface area contributed by atoms with Crippen molar-refractivity contribution >= 4 is 11.6 Å². The molecule has 2 aromatic rings. The molecule has 0 spiro atoms. The van der Waals surface area contributed by atoms with Crippen LogP contribution in [0.25, 0.3) is 0 Å². The first kappa shape index (κ1) is 21.6. The van der Waals surface area contributed by atoms with Crippen molar-refractivity contribution in [3.05, 3.63) is 81.4 Å². The molecule has 0 N–H and O–H groups in total. The van der Waals surface area contributed by atoms with E-state index in [-0.39, 0.29) is 11.6 Å². The van der Waals surface area contributed by atoms with Crippen molar-refractivity contribution in [2.45, 2.75) is 54.9 Å². The van der Waals surface area contributed by atoms with Crippen LogP contribution in [0.4, 0.5) is 0 Å². The Morgan fingerprint density at radius 1 is 0.692 bits per heavy atom. The number of carbonyl (C=O) groups excluding carboxylic acids is 2. The van der Waals surface area contributed by atoms with E-state index < -0.39 is 0 Å². The fourth-order valence-corrected chi connectivity index (χ4v) is 3.14. The molecule has 2 nitrogen and oxygen atoms in total. The Morgan fingerprint density at radius 3 is 1.65 bits per heavy atom. The molecular weight excluding hydrogens is 320 g/mol. The summed E-state index contributed by atoms with van der Waals surface area (Å²) in [7, 11) is 0. The highest BCUT2D eigenvalue weighted by atomic mass is 16.1. The van der Waals surface area contributed by atoms with Gasteiger partial charge in [0.15, 0.2) is 11.6 Å². The summed E-state index contributed by atoms with van der Waals surface area (Å²) in [5, 5.41) is 0. The molecule has 0 heterocycles. The van der Waals surface area contributed by atoms with E-state index in [9.17, 15) is 9.59 Å². The summed E-state index contributed by atoms with van der Waals surface area (Å²) in [6.45, 7) is 13.8. The third-order valence-electron chi connectivity index (χ3n) is 4.15. The summed E-state index contributed by atoms with van der Waals surface area (Å²) < 4.78 is 0. The second kappa shape index (κ2) is 9.86. The number of rotatable bonds is 2. The molecule has 2 aromatic carbocycles. The van der Waals surface area contributed by atoms with Crippen molar-refractivity contribution in [3.8, 4) is 0 Å². The topological polar surface area (TPSA) is 34.1 Å². The molecule has 0 fully saturated rings. The highest BCUT2D eigenvalue weighted by molar-refractivity contribution is 6.26. The van der Waals surface area contributed by atoms with Crippen molar-refractivity contribution in [2.75, 3.05) is 0 Å². The minimum Gasteiger partial charge on any atom is -0.289 e. The van der Waals surface area contributed by atoms with E-state index in [0.717, 1.165) is 5.56 Å². The van der Waals surface area contributed by atoms with Gasteiger partial charge in [0.2, 0.25) is 0 Å². The Labute approximate surface area is 158 Å². The second-order valence-electron chi connectivity index (χ2n) is 5.98. The molecular formula is C24H30O2. The first-order valence-corrected chi connectivity index (χ1v) is 9.42. The molecule has 0 amide bonds. The first-order valence-electron chi connectivity index (χ1n) is 9.42. The number of allylic oxidation sites excluding steroid dienone is 2. The lowest BCUT2D eigenvalue weighted by Crippen LogP contribution is -2.22. The molecule has 0 aliphatic heterocycles. The summed E-state index contributed by atoms with van der Waals surface area (Å²) in [6.07, 6.45) is 0.507. The van der Waals surface area contributed by atoms with Gasteiger partial charge in [0.25, 0.3) is 0 Å². The largest absolute Gasteiger partial charge is 0.289 e. The average Bonchev–Trinajstić information content (AvgIpc) is 2.66. The van der Waals surface area contributed by atoms with Gasteiger partial charge in [-0.15, -0.1) is 0 Å². The molecule has 3 rings (SSSR count).